The van der Waals surface area contributed by atoms with Crippen LogP contribution in [-0.2, 0) is 14.8 Å². The van der Waals surface area contributed by atoms with Gasteiger partial charge in [0.25, 0.3) is 0 Å². The summed E-state index contributed by atoms with van der Waals surface area (Å²) in [6.07, 6.45) is 5.97. The van der Waals surface area contributed by atoms with Crippen LogP contribution in [0, 0.1) is 5.92 Å². The number of ether oxygens (including phenoxy) is 2. The van der Waals surface area contributed by atoms with Gasteiger partial charge in [0.1, 0.15) is 16.4 Å². The lowest BCUT2D eigenvalue weighted by Crippen LogP contribution is -2.47. The number of hydrogen-bond acceptors (Lipinski definition) is 5. The standard InChI is InChI=1S/C21H32N2O5S/c1-22-13-6-4-5-7-14-23(18-10-8-9-17(18)21(22)24)29(25,26)20-15-16(27-2)11-12-19(20)28-3/h11-12,15,17-18H,4-10,13-14H2,1-3H3. The fraction of sp³-hybridized carbons (Fsp3) is 0.667. The molecule has 7 nitrogen and oxygen atoms in total. The van der Waals surface area contributed by atoms with Crippen molar-refractivity contribution < 1.29 is 22.7 Å². The van der Waals surface area contributed by atoms with Gasteiger partial charge < -0.3 is 14.4 Å². The summed E-state index contributed by atoms with van der Waals surface area (Å²) in [6, 6.07) is 4.49. The molecule has 1 heterocycles. The maximum absolute atomic E-state index is 13.8. The largest absolute Gasteiger partial charge is 0.497 e. The highest BCUT2D eigenvalue weighted by Crippen LogP contribution is 2.38. The van der Waals surface area contributed by atoms with Crippen LogP contribution in [0.2, 0.25) is 0 Å². The summed E-state index contributed by atoms with van der Waals surface area (Å²) in [5.41, 5.74) is 0. The van der Waals surface area contributed by atoms with Gasteiger partial charge in [-0.3, -0.25) is 4.79 Å². The molecule has 1 saturated carbocycles. The van der Waals surface area contributed by atoms with Crippen molar-refractivity contribution in [3.63, 3.8) is 0 Å². The Balaban J connectivity index is 2.04. The Morgan fingerprint density at radius 2 is 1.69 bits per heavy atom. The molecule has 2 fully saturated rings. The Morgan fingerprint density at radius 3 is 2.38 bits per heavy atom. The molecule has 1 amide bonds. The minimum absolute atomic E-state index is 0.0622. The molecule has 0 aromatic heterocycles. The predicted octanol–water partition coefficient (Wildman–Crippen LogP) is 2.90. The van der Waals surface area contributed by atoms with Gasteiger partial charge in [-0.15, -0.1) is 0 Å². The minimum atomic E-state index is -3.85. The first-order valence-corrected chi connectivity index (χ1v) is 11.8. The van der Waals surface area contributed by atoms with E-state index in [2.05, 4.69) is 0 Å². The monoisotopic (exact) mass is 424 g/mol. The second kappa shape index (κ2) is 9.34. The van der Waals surface area contributed by atoms with Crippen molar-refractivity contribution in [2.45, 2.75) is 55.9 Å². The summed E-state index contributed by atoms with van der Waals surface area (Å²) < 4.78 is 39.7. The SMILES string of the molecule is COc1ccc(OC)c(S(=O)(=O)N2CCCCCCN(C)C(=O)C3CCCC32)c1. The highest BCUT2D eigenvalue weighted by molar-refractivity contribution is 7.89. The van der Waals surface area contributed by atoms with Gasteiger partial charge in [-0.2, -0.15) is 4.31 Å². The first kappa shape index (κ1) is 21.9. The van der Waals surface area contributed by atoms with Crippen molar-refractivity contribution in [3.05, 3.63) is 18.2 Å². The van der Waals surface area contributed by atoms with Crippen LogP contribution < -0.4 is 9.47 Å². The number of nitrogens with zero attached hydrogens (tertiary/aromatic N) is 2. The summed E-state index contributed by atoms with van der Waals surface area (Å²) in [5, 5.41) is 0. The van der Waals surface area contributed by atoms with Gasteiger partial charge in [0.2, 0.25) is 15.9 Å². The second-order valence-electron chi connectivity index (χ2n) is 7.91. The number of carbonyl (C=O) groups excluding carboxylic acids is 1. The molecule has 8 heteroatoms. The van der Waals surface area contributed by atoms with Crippen LogP contribution in [0.5, 0.6) is 11.5 Å². The van der Waals surface area contributed by atoms with E-state index >= 15 is 0 Å². The Bertz CT molecular complexity index is 826. The van der Waals surface area contributed by atoms with Crippen LogP contribution in [0.4, 0.5) is 0 Å². The third-order valence-electron chi connectivity index (χ3n) is 6.12. The van der Waals surface area contributed by atoms with Gasteiger partial charge in [0.15, 0.2) is 0 Å². The fourth-order valence-corrected chi connectivity index (χ4v) is 6.41. The molecule has 0 spiro atoms. The normalized spacial score (nSPS) is 24.7. The van der Waals surface area contributed by atoms with Gasteiger partial charge in [0.05, 0.1) is 20.1 Å². The number of amides is 1. The summed E-state index contributed by atoms with van der Waals surface area (Å²) in [4.78, 5) is 14.9. The molecule has 0 N–H and O–H groups in total. The van der Waals surface area contributed by atoms with Crippen molar-refractivity contribution in [2.24, 2.45) is 5.92 Å². The number of fused-ring (bicyclic) bond motifs is 1. The van der Waals surface area contributed by atoms with Crippen LogP contribution in [0.15, 0.2) is 23.1 Å². The summed E-state index contributed by atoms with van der Waals surface area (Å²) >= 11 is 0. The molecule has 1 aliphatic heterocycles. The molecular formula is C21H32N2O5S. The van der Waals surface area contributed by atoms with E-state index in [4.69, 9.17) is 9.47 Å². The first-order chi connectivity index (χ1) is 13.9. The fourth-order valence-electron chi connectivity index (χ4n) is 4.51. The topological polar surface area (TPSA) is 76.2 Å². The molecule has 0 radical (unpaired) electrons. The zero-order valence-electron chi connectivity index (χ0n) is 17.6. The molecule has 2 atom stereocenters. The molecular weight excluding hydrogens is 392 g/mol. The van der Waals surface area contributed by atoms with E-state index in [0.717, 1.165) is 45.1 Å². The third kappa shape index (κ3) is 4.53. The molecule has 2 aliphatic rings. The molecule has 162 valence electrons. The lowest BCUT2D eigenvalue weighted by atomic mass is 10.0. The van der Waals surface area contributed by atoms with Gasteiger partial charge in [-0.25, -0.2) is 8.42 Å². The molecule has 1 aromatic rings. The highest BCUT2D eigenvalue weighted by Gasteiger charge is 2.43. The molecule has 3 rings (SSSR count). The first-order valence-electron chi connectivity index (χ1n) is 10.4. The van der Waals surface area contributed by atoms with Crippen LogP contribution in [0.25, 0.3) is 0 Å². The van der Waals surface area contributed by atoms with E-state index in [-0.39, 0.29) is 28.5 Å². The second-order valence-corrected chi connectivity index (χ2v) is 9.77. The molecule has 2 unspecified atom stereocenters. The van der Waals surface area contributed by atoms with E-state index < -0.39 is 10.0 Å². The highest BCUT2D eigenvalue weighted by atomic mass is 32.2. The van der Waals surface area contributed by atoms with E-state index in [1.165, 1.54) is 20.3 Å². The van der Waals surface area contributed by atoms with Crippen molar-refractivity contribution >= 4 is 15.9 Å². The van der Waals surface area contributed by atoms with Crippen molar-refractivity contribution in [3.8, 4) is 11.5 Å². The minimum Gasteiger partial charge on any atom is -0.497 e. The predicted molar refractivity (Wildman–Crippen MR) is 111 cm³/mol. The van der Waals surface area contributed by atoms with E-state index in [0.29, 0.717) is 18.7 Å². The van der Waals surface area contributed by atoms with Crippen molar-refractivity contribution in [1.82, 2.24) is 9.21 Å². The van der Waals surface area contributed by atoms with Crippen LogP contribution >= 0.6 is 0 Å². The van der Waals surface area contributed by atoms with Crippen molar-refractivity contribution in [1.29, 1.82) is 0 Å². The van der Waals surface area contributed by atoms with Crippen molar-refractivity contribution in [2.75, 3.05) is 34.4 Å². The van der Waals surface area contributed by atoms with E-state index in [1.54, 1.807) is 21.3 Å². The summed E-state index contributed by atoms with van der Waals surface area (Å²) in [7, 11) is 0.948. The van der Waals surface area contributed by atoms with Crippen LogP contribution in [-0.4, -0.2) is 63.9 Å². The number of methoxy groups -OCH3 is 2. The van der Waals surface area contributed by atoms with E-state index in [9.17, 15) is 13.2 Å². The van der Waals surface area contributed by atoms with Gasteiger partial charge in [-0.05, 0) is 37.8 Å². The Kier molecular flexibility index (Phi) is 7.05. The Hall–Kier alpha value is -1.80. The number of carbonyl (C=O) groups is 1. The smallest absolute Gasteiger partial charge is 0.247 e. The average Bonchev–Trinajstić information content (AvgIpc) is 3.19. The average molecular weight is 425 g/mol. The zero-order valence-corrected chi connectivity index (χ0v) is 18.4. The van der Waals surface area contributed by atoms with Gasteiger partial charge in [-0.1, -0.05) is 19.3 Å². The number of benzene rings is 1. The maximum Gasteiger partial charge on any atom is 0.247 e. The third-order valence-corrected chi connectivity index (χ3v) is 8.07. The molecule has 29 heavy (non-hydrogen) atoms. The van der Waals surface area contributed by atoms with Gasteiger partial charge in [0, 0.05) is 32.2 Å². The van der Waals surface area contributed by atoms with Gasteiger partial charge >= 0.3 is 0 Å². The molecule has 1 aromatic carbocycles. The van der Waals surface area contributed by atoms with Crippen LogP contribution in [0.3, 0.4) is 0 Å². The lowest BCUT2D eigenvalue weighted by Gasteiger charge is -2.33. The molecule has 0 bridgehead atoms. The Labute approximate surface area is 174 Å². The number of hydrogen-bond donors (Lipinski definition) is 0. The lowest BCUT2D eigenvalue weighted by molar-refractivity contribution is -0.135. The van der Waals surface area contributed by atoms with Crippen LogP contribution in [0.1, 0.15) is 44.9 Å². The summed E-state index contributed by atoms with van der Waals surface area (Å²) in [5.74, 6) is 0.524. The zero-order chi connectivity index (χ0) is 21.0. The maximum atomic E-state index is 13.8. The van der Waals surface area contributed by atoms with E-state index in [1.807, 2.05) is 7.05 Å². The summed E-state index contributed by atoms with van der Waals surface area (Å²) in [6.45, 7) is 1.15. The molecule has 1 saturated heterocycles. The number of rotatable bonds is 4. The number of sulfonamides is 1. The Morgan fingerprint density at radius 1 is 0.966 bits per heavy atom. The molecule has 1 aliphatic carbocycles. The quantitative estimate of drug-likeness (QED) is 0.743.